The third-order valence-corrected chi connectivity index (χ3v) is 3.68. The molecule has 4 rings (SSSR count). The van der Waals surface area contributed by atoms with E-state index in [0.717, 1.165) is 0 Å². The van der Waals surface area contributed by atoms with Crippen molar-refractivity contribution >= 4 is 23.8 Å². The van der Waals surface area contributed by atoms with Crippen molar-refractivity contribution in [3.05, 3.63) is 109 Å². The summed E-state index contributed by atoms with van der Waals surface area (Å²) in [6.45, 7) is -0.707. The van der Waals surface area contributed by atoms with E-state index < -0.39 is 11.9 Å². The Hall–Kier alpha value is -4.74. The topological polar surface area (TPSA) is 190 Å². The summed E-state index contributed by atoms with van der Waals surface area (Å²) >= 11 is 0. The molecule has 0 fully saturated rings. The molecule has 1 radical (unpaired) electrons. The van der Waals surface area contributed by atoms with Crippen LogP contribution in [0.3, 0.4) is 0 Å². The maximum absolute atomic E-state index is 11.2. The van der Waals surface area contributed by atoms with E-state index in [1.807, 2.05) is 0 Å². The molecule has 0 spiro atoms. The Balaban J connectivity index is 0.000000502. The van der Waals surface area contributed by atoms with Crippen LogP contribution in [0.25, 0.3) is 0 Å². The van der Waals surface area contributed by atoms with Gasteiger partial charge in [0, 0.05) is 53.0 Å². The van der Waals surface area contributed by atoms with Crippen molar-refractivity contribution in [2.75, 3.05) is 13.1 Å². The smallest absolute Gasteiger partial charge is 0.322 e. The minimum absolute atomic E-state index is 0. The van der Waals surface area contributed by atoms with E-state index in [9.17, 15) is 19.2 Å². The number of carbonyl (C=O) groups is 4. The zero-order chi connectivity index (χ0) is 26.4. The van der Waals surface area contributed by atoms with Gasteiger partial charge in [-0.3, -0.25) is 19.2 Å². The average molecular weight is 558 g/mol. The van der Waals surface area contributed by atoms with Crippen LogP contribution in [0, 0.1) is 0 Å². The first-order chi connectivity index (χ1) is 17.4. The second-order valence-corrected chi connectivity index (χ2v) is 6.41. The molecule has 0 saturated heterocycles. The Morgan fingerprint density at radius 1 is 0.649 bits per heavy atom. The zero-order valence-electron chi connectivity index (χ0n) is 19.4. The summed E-state index contributed by atoms with van der Waals surface area (Å²) in [6.07, 6.45) is 10.2. The van der Waals surface area contributed by atoms with Gasteiger partial charge in [0.05, 0.1) is 12.7 Å². The molecular weight excluding hydrogens is 532 g/mol. The molecule has 2 aromatic heterocycles. The number of aliphatic carboxylic acids is 2. The molecule has 13 heteroatoms. The summed E-state index contributed by atoms with van der Waals surface area (Å²) in [7, 11) is 0. The van der Waals surface area contributed by atoms with Gasteiger partial charge in [-0.15, -0.1) is 0 Å². The van der Waals surface area contributed by atoms with Gasteiger partial charge < -0.3 is 30.8 Å². The summed E-state index contributed by atoms with van der Waals surface area (Å²) < 4.78 is 0. The number of rotatable bonds is 6. The number of aromatic amines is 2. The number of aromatic nitrogens is 4. The van der Waals surface area contributed by atoms with Crippen LogP contribution in [0.1, 0.15) is 20.7 Å². The van der Waals surface area contributed by atoms with Crippen LogP contribution in [0.2, 0.25) is 0 Å². The SMILES string of the molecule is O=C(O)CNC(=O)c1ccccc1.O=C(O)CNC(=O)c1ccccc1.[Cu].c1c[nH]cn1.c1c[nH]cn1. The first-order valence-corrected chi connectivity index (χ1v) is 10.4. The molecule has 12 nitrogen and oxygen atoms in total. The molecule has 6 N–H and O–H groups in total. The van der Waals surface area contributed by atoms with Gasteiger partial charge in [0.25, 0.3) is 11.8 Å². The predicted molar refractivity (Wildman–Crippen MR) is 130 cm³/mol. The van der Waals surface area contributed by atoms with Gasteiger partial charge in [-0.25, -0.2) is 9.97 Å². The first kappa shape index (κ1) is 32.3. The molecular formula is C24H26CuN6O6. The van der Waals surface area contributed by atoms with Crippen LogP contribution in [0.4, 0.5) is 0 Å². The fourth-order valence-corrected chi connectivity index (χ4v) is 2.13. The van der Waals surface area contributed by atoms with Crippen LogP contribution in [0.5, 0.6) is 0 Å². The van der Waals surface area contributed by atoms with Crippen LogP contribution in [0.15, 0.2) is 98.1 Å². The number of benzene rings is 2. The van der Waals surface area contributed by atoms with Crippen molar-refractivity contribution in [1.29, 1.82) is 0 Å². The van der Waals surface area contributed by atoms with Crippen LogP contribution >= 0.6 is 0 Å². The fourth-order valence-electron chi connectivity index (χ4n) is 2.13. The summed E-state index contributed by atoms with van der Waals surface area (Å²) in [5.74, 6) is -2.85. The Bertz CT molecular complexity index is 1000. The molecule has 0 unspecified atom stereocenters. The van der Waals surface area contributed by atoms with Crippen molar-refractivity contribution in [3.8, 4) is 0 Å². The quantitative estimate of drug-likeness (QED) is 0.193. The zero-order valence-corrected chi connectivity index (χ0v) is 20.3. The summed E-state index contributed by atoms with van der Waals surface area (Å²) in [5, 5.41) is 21.1. The number of amides is 2. The van der Waals surface area contributed by atoms with Gasteiger partial charge in [0.1, 0.15) is 13.1 Å². The number of carboxylic acids is 2. The molecule has 0 atom stereocenters. The summed E-state index contributed by atoms with van der Waals surface area (Å²) in [4.78, 5) is 55.4. The van der Waals surface area contributed by atoms with E-state index in [1.165, 1.54) is 0 Å². The minimum Gasteiger partial charge on any atom is -0.480 e. The maximum Gasteiger partial charge on any atom is 0.322 e. The van der Waals surface area contributed by atoms with Gasteiger partial charge in [-0.05, 0) is 24.3 Å². The number of H-pyrrole nitrogens is 2. The van der Waals surface area contributed by atoms with Crippen LogP contribution < -0.4 is 10.6 Å². The summed E-state index contributed by atoms with van der Waals surface area (Å²) in [6, 6.07) is 16.9. The number of carbonyl (C=O) groups excluding carboxylic acids is 2. The third-order valence-electron chi connectivity index (χ3n) is 3.68. The van der Waals surface area contributed by atoms with E-state index in [1.54, 1.807) is 98.1 Å². The second-order valence-electron chi connectivity index (χ2n) is 6.41. The van der Waals surface area contributed by atoms with Crippen molar-refractivity contribution < 1.29 is 46.5 Å². The number of hydrogen-bond donors (Lipinski definition) is 6. The minimum atomic E-state index is -1.05. The molecule has 0 bridgehead atoms. The third kappa shape index (κ3) is 17.4. The van der Waals surface area contributed by atoms with Gasteiger partial charge in [-0.1, -0.05) is 36.4 Å². The van der Waals surface area contributed by atoms with Gasteiger partial charge >= 0.3 is 11.9 Å². The maximum atomic E-state index is 11.2. The van der Waals surface area contributed by atoms with Gasteiger partial charge in [-0.2, -0.15) is 0 Å². The Morgan fingerprint density at radius 2 is 1.00 bits per heavy atom. The standard InChI is InChI=1S/2C9H9NO3.2C3H4N2.Cu/c2*11-8(12)6-10-9(13)7-4-2-1-3-5-7;2*1-2-5-3-4-1;/h2*1-5H,6H2,(H,10,13)(H,11,12);2*1-3H,(H,4,5);. The fraction of sp³-hybridized carbons (Fsp3) is 0.0833. The summed E-state index contributed by atoms with van der Waals surface area (Å²) in [5.41, 5.74) is 0.924. The normalized spacial score (nSPS) is 8.65. The molecule has 2 amide bonds. The van der Waals surface area contributed by atoms with Gasteiger partial charge in [0.15, 0.2) is 0 Å². The van der Waals surface area contributed by atoms with E-state index >= 15 is 0 Å². The molecule has 0 saturated carbocycles. The second kappa shape index (κ2) is 20.6. The molecule has 2 heterocycles. The molecule has 0 aliphatic rings. The van der Waals surface area contributed by atoms with Crippen molar-refractivity contribution in [3.63, 3.8) is 0 Å². The van der Waals surface area contributed by atoms with Crippen LogP contribution in [-0.2, 0) is 26.7 Å². The Labute approximate surface area is 223 Å². The number of hydrogen-bond acceptors (Lipinski definition) is 6. The van der Waals surface area contributed by atoms with Crippen molar-refractivity contribution in [2.24, 2.45) is 0 Å². The van der Waals surface area contributed by atoms with E-state index in [2.05, 4.69) is 30.6 Å². The average Bonchev–Trinajstić information content (AvgIpc) is 3.67. The molecule has 37 heavy (non-hydrogen) atoms. The molecule has 2 aromatic carbocycles. The first-order valence-electron chi connectivity index (χ1n) is 10.4. The van der Waals surface area contributed by atoms with E-state index in [4.69, 9.17) is 10.2 Å². The van der Waals surface area contributed by atoms with Crippen LogP contribution in [-0.4, -0.2) is 67.0 Å². The number of imidazole rings is 2. The Morgan fingerprint density at radius 3 is 1.22 bits per heavy atom. The van der Waals surface area contributed by atoms with Crippen molar-refractivity contribution in [2.45, 2.75) is 0 Å². The number of nitrogens with zero attached hydrogens (tertiary/aromatic N) is 2. The number of nitrogens with one attached hydrogen (secondary N) is 4. The molecule has 0 aliphatic carbocycles. The number of carboxylic acid groups (broad SMARTS) is 2. The largest absolute Gasteiger partial charge is 0.480 e. The van der Waals surface area contributed by atoms with Crippen molar-refractivity contribution in [1.82, 2.24) is 30.6 Å². The molecule has 4 aromatic rings. The predicted octanol–water partition coefficient (Wildman–Crippen LogP) is 1.82. The van der Waals surface area contributed by atoms with Gasteiger partial charge in [0.2, 0.25) is 0 Å². The molecule has 199 valence electrons. The Kier molecular flexibility index (Phi) is 18.0. The monoisotopic (exact) mass is 557 g/mol. The van der Waals surface area contributed by atoms with E-state index in [-0.39, 0.29) is 42.0 Å². The van der Waals surface area contributed by atoms with E-state index in [0.29, 0.717) is 11.1 Å². The molecule has 0 aliphatic heterocycles.